The maximum absolute atomic E-state index is 13.3. The number of carboxylic acids is 1. The van der Waals surface area contributed by atoms with Crippen LogP contribution in [-0.4, -0.2) is 75.4 Å². The monoisotopic (exact) mass is 507 g/mol. The minimum absolute atomic E-state index is 0.0154. The van der Waals surface area contributed by atoms with Crippen LogP contribution in [0.4, 0.5) is 4.79 Å². The second-order valence-electron chi connectivity index (χ2n) is 9.06. The summed E-state index contributed by atoms with van der Waals surface area (Å²) in [5.41, 5.74) is 1.81. The zero-order valence-corrected chi connectivity index (χ0v) is 21.5. The van der Waals surface area contributed by atoms with Gasteiger partial charge in [0.05, 0.1) is 6.54 Å². The van der Waals surface area contributed by atoms with E-state index in [-0.39, 0.29) is 19.1 Å². The molecule has 1 aliphatic rings. The summed E-state index contributed by atoms with van der Waals surface area (Å²) in [6.45, 7) is 5.61. The molecule has 0 spiro atoms. The van der Waals surface area contributed by atoms with Gasteiger partial charge in [0, 0.05) is 41.9 Å². The zero-order chi connectivity index (χ0) is 25.7. The number of amides is 2. The van der Waals surface area contributed by atoms with Crippen LogP contribution in [0.25, 0.3) is 0 Å². The smallest absolute Gasteiger partial charge is 0.322 e. The van der Waals surface area contributed by atoms with Gasteiger partial charge in [0.15, 0.2) is 0 Å². The fourth-order valence-corrected chi connectivity index (χ4v) is 5.74. The number of aliphatic carboxylic acids is 1. The summed E-state index contributed by atoms with van der Waals surface area (Å²) in [5, 5.41) is 21.7. The van der Waals surface area contributed by atoms with Crippen molar-refractivity contribution in [2.24, 2.45) is 0 Å². The summed E-state index contributed by atoms with van der Waals surface area (Å²) in [5.74, 6) is -1.48. The highest BCUT2D eigenvalue weighted by Gasteiger charge is 2.41. The third-order valence-electron chi connectivity index (χ3n) is 6.73. The summed E-state index contributed by atoms with van der Waals surface area (Å²) in [4.78, 5) is 33.0. The van der Waals surface area contributed by atoms with Crippen molar-refractivity contribution in [3.05, 3.63) is 93.7 Å². The Morgan fingerprint density at radius 3 is 2.11 bits per heavy atom. The van der Waals surface area contributed by atoms with Gasteiger partial charge in [-0.05, 0) is 37.1 Å². The predicted molar refractivity (Wildman–Crippen MR) is 141 cm³/mol. The Hall–Kier alpha value is -3.20. The van der Waals surface area contributed by atoms with Crippen LogP contribution in [0.3, 0.4) is 0 Å². The summed E-state index contributed by atoms with van der Waals surface area (Å²) >= 11 is 1.66. The van der Waals surface area contributed by atoms with Crippen molar-refractivity contribution in [1.82, 2.24) is 14.7 Å². The maximum Gasteiger partial charge on any atom is 0.322 e. The number of piperazine rings is 1. The van der Waals surface area contributed by atoms with E-state index in [1.165, 1.54) is 4.88 Å². The van der Waals surface area contributed by atoms with Gasteiger partial charge in [0.1, 0.15) is 12.3 Å². The minimum Gasteiger partial charge on any atom is -0.480 e. The van der Waals surface area contributed by atoms with Crippen LogP contribution < -0.4 is 0 Å². The molecular formula is C28H33N3O4S. The highest BCUT2D eigenvalue weighted by Crippen LogP contribution is 2.32. The summed E-state index contributed by atoms with van der Waals surface area (Å²) in [6, 6.07) is 22.1. The number of hydrogen-bond acceptors (Lipinski definition) is 5. The van der Waals surface area contributed by atoms with Gasteiger partial charge in [-0.1, -0.05) is 60.7 Å². The molecule has 2 atom stereocenters. The molecule has 1 fully saturated rings. The van der Waals surface area contributed by atoms with Crippen LogP contribution in [0.2, 0.25) is 0 Å². The Balaban J connectivity index is 1.54. The Labute approximate surface area is 216 Å². The van der Waals surface area contributed by atoms with Gasteiger partial charge in [-0.15, -0.1) is 11.3 Å². The number of rotatable bonds is 8. The van der Waals surface area contributed by atoms with E-state index < -0.39 is 24.2 Å². The molecule has 0 saturated carbocycles. The van der Waals surface area contributed by atoms with E-state index in [9.17, 15) is 19.8 Å². The van der Waals surface area contributed by atoms with E-state index in [0.717, 1.165) is 16.0 Å². The van der Waals surface area contributed by atoms with Crippen molar-refractivity contribution >= 4 is 23.3 Å². The first-order valence-corrected chi connectivity index (χ1v) is 13.1. The van der Waals surface area contributed by atoms with Crippen LogP contribution >= 0.6 is 11.3 Å². The van der Waals surface area contributed by atoms with Crippen molar-refractivity contribution in [2.45, 2.75) is 38.6 Å². The first-order valence-electron chi connectivity index (χ1n) is 12.2. The average molecular weight is 508 g/mol. The number of aliphatic hydroxyl groups excluding tert-OH is 1. The lowest BCUT2D eigenvalue weighted by Gasteiger charge is -2.44. The maximum atomic E-state index is 13.3. The fraction of sp³-hybridized carbons (Fsp3) is 0.357. The van der Waals surface area contributed by atoms with Gasteiger partial charge in [-0.3, -0.25) is 9.69 Å². The molecule has 0 aliphatic carbocycles. The number of nitrogens with zero attached hydrogens (tertiary/aromatic N) is 3. The van der Waals surface area contributed by atoms with Crippen molar-refractivity contribution in [1.29, 1.82) is 0 Å². The molecule has 2 N–H and O–H groups in total. The minimum atomic E-state index is -1.07. The highest BCUT2D eigenvalue weighted by atomic mass is 32.1. The number of benzene rings is 2. The quantitative estimate of drug-likeness (QED) is 0.477. The van der Waals surface area contributed by atoms with Gasteiger partial charge >= 0.3 is 12.0 Å². The van der Waals surface area contributed by atoms with E-state index in [2.05, 4.69) is 0 Å². The molecule has 7 nitrogen and oxygen atoms in total. The standard InChI is InChI=1S/C28H33N3O4S/c1-3-29(18-23-15-14-20(2)36-23)28(35)30-16-17-31(24(19-30)27(33)34)26(32)25(21-10-6-4-7-11-21)22-12-8-5-9-13-22/h4-15,24-26,32H,3,16-19H2,1-2H3,(H,33,34)/t24-,26?/m0/s1. The molecular weight excluding hydrogens is 474 g/mol. The lowest BCUT2D eigenvalue weighted by atomic mass is 9.88. The summed E-state index contributed by atoms with van der Waals surface area (Å²) < 4.78 is 0. The number of carbonyl (C=O) groups excluding carboxylic acids is 1. The number of carboxylic acid groups (broad SMARTS) is 1. The molecule has 0 bridgehead atoms. The number of carbonyl (C=O) groups is 2. The van der Waals surface area contributed by atoms with E-state index >= 15 is 0 Å². The molecule has 2 aromatic carbocycles. The molecule has 8 heteroatoms. The summed E-state index contributed by atoms with van der Waals surface area (Å²) in [7, 11) is 0. The first kappa shape index (κ1) is 25.9. The predicted octanol–water partition coefficient (Wildman–Crippen LogP) is 4.22. The van der Waals surface area contributed by atoms with E-state index in [0.29, 0.717) is 19.6 Å². The van der Waals surface area contributed by atoms with E-state index in [1.54, 1.807) is 26.0 Å². The Morgan fingerprint density at radius 2 is 1.61 bits per heavy atom. The first-order chi connectivity index (χ1) is 17.4. The van der Waals surface area contributed by atoms with Gasteiger partial charge < -0.3 is 20.0 Å². The topological polar surface area (TPSA) is 84.3 Å². The normalized spacial score (nSPS) is 17.2. The molecule has 1 aromatic heterocycles. The van der Waals surface area contributed by atoms with Crippen LogP contribution in [0.5, 0.6) is 0 Å². The number of aryl methyl sites for hydroxylation is 1. The van der Waals surface area contributed by atoms with Gasteiger partial charge in [0.2, 0.25) is 0 Å². The molecule has 1 unspecified atom stereocenters. The molecule has 2 amide bonds. The molecule has 4 rings (SSSR count). The van der Waals surface area contributed by atoms with Crippen molar-refractivity contribution in [3.8, 4) is 0 Å². The number of hydrogen-bond donors (Lipinski definition) is 2. The third kappa shape index (κ3) is 5.78. The molecule has 1 saturated heterocycles. The van der Waals surface area contributed by atoms with E-state index in [4.69, 9.17) is 0 Å². The largest absolute Gasteiger partial charge is 0.480 e. The van der Waals surface area contributed by atoms with Crippen molar-refractivity contribution in [3.63, 3.8) is 0 Å². The zero-order valence-electron chi connectivity index (χ0n) is 20.7. The fourth-order valence-electron chi connectivity index (χ4n) is 4.83. The Morgan fingerprint density at radius 1 is 1.00 bits per heavy atom. The molecule has 36 heavy (non-hydrogen) atoms. The highest BCUT2D eigenvalue weighted by molar-refractivity contribution is 7.11. The molecule has 3 aromatic rings. The summed E-state index contributed by atoms with van der Waals surface area (Å²) in [6.07, 6.45) is -1.07. The molecule has 190 valence electrons. The Kier molecular flexibility index (Phi) is 8.40. The second-order valence-corrected chi connectivity index (χ2v) is 10.4. The van der Waals surface area contributed by atoms with Gasteiger partial charge in [0.25, 0.3) is 0 Å². The average Bonchev–Trinajstić information content (AvgIpc) is 3.32. The molecule has 2 heterocycles. The van der Waals surface area contributed by atoms with Crippen molar-refractivity contribution in [2.75, 3.05) is 26.2 Å². The van der Waals surface area contributed by atoms with Crippen LogP contribution in [0.1, 0.15) is 33.7 Å². The van der Waals surface area contributed by atoms with Crippen LogP contribution in [0, 0.1) is 6.92 Å². The Bertz CT molecular complexity index is 1110. The van der Waals surface area contributed by atoms with Crippen LogP contribution in [-0.2, 0) is 11.3 Å². The number of urea groups is 1. The lowest BCUT2D eigenvalue weighted by Crippen LogP contribution is -2.62. The number of thiophene rings is 1. The van der Waals surface area contributed by atoms with Gasteiger partial charge in [-0.25, -0.2) is 4.79 Å². The molecule has 0 radical (unpaired) electrons. The third-order valence-corrected chi connectivity index (χ3v) is 7.71. The molecule has 1 aliphatic heterocycles. The van der Waals surface area contributed by atoms with Gasteiger partial charge in [-0.2, -0.15) is 0 Å². The second kappa shape index (κ2) is 11.7. The number of aliphatic hydroxyl groups is 1. The van der Waals surface area contributed by atoms with Crippen molar-refractivity contribution < 1.29 is 19.8 Å². The van der Waals surface area contributed by atoms with E-state index in [1.807, 2.05) is 86.6 Å². The lowest BCUT2D eigenvalue weighted by molar-refractivity contribution is -0.153. The van der Waals surface area contributed by atoms with Crippen LogP contribution in [0.15, 0.2) is 72.8 Å². The SMILES string of the molecule is CCN(Cc1ccc(C)s1)C(=O)N1CCN(C(O)C(c2ccccc2)c2ccccc2)[C@H](C(=O)O)C1.